The van der Waals surface area contributed by atoms with Crippen molar-refractivity contribution in [2.45, 2.75) is 84.5 Å². The van der Waals surface area contributed by atoms with Crippen molar-refractivity contribution in [1.82, 2.24) is 110 Å². The molecule has 4 unspecified atom stereocenters. The number of rotatable bonds is 50. The van der Waals surface area contributed by atoms with Gasteiger partial charge in [-0.2, -0.15) is 0 Å². The average molecular weight is 1960 g/mol. The Bertz CT molecular complexity index is 3390. The Labute approximate surface area is 794 Å². The summed E-state index contributed by atoms with van der Waals surface area (Å²) in [5.41, 5.74) is -1.74. The summed E-state index contributed by atoms with van der Waals surface area (Å²) >= 11 is 0. The molecule has 4 rings (SSSR count). The Hall–Kier alpha value is -10.6. The van der Waals surface area contributed by atoms with Crippen molar-refractivity contribution in [3.63, 3.8) is 0 Å². The summed E-state index contributed by atoms with van der Waals surface area (Å²) in [5, 5.41) is 124. The van der Waals surface area contributed by atoms with Crippen LogP contribution in [0.3, 0.4) is 0 Å². The Kier molecular flexibility index (Phi) is 54.6. The van der Waals surface area contributed by atoms with E-state index in [1.165, 1.54) is 47.3 Å². The zero-order valence-electron chi connectivity index (χ0n) is 79.2. The molecule has 4 heterocycles. The van der Waals surface area contributed by atoms with Crippen molar-refractivity contribution in [2.24, 2.45) is 5.41 Å². The lowest BCUT2D eigenvalue weighted by atomic mass is 9.81. The average Bonchev–Trinajstić information content (AvgIpc) is 0.831. The quantitative estimate of drug-likeness (QED) is 0.0269. The fourth-order valence-electron chi connectivity index (χ4n) is 16.2. The van der Waals surface area contributed by atoms with Crippen LogP contribution in [-0.2, 0) is 95.9 Å². The highest BCUT2D eigenvalue weighted by molar-refractivity contribution is 5.91. The minimum Gasteiger partial charge on any atom is -0.480 e. The minimum absolute atomic E-state index is 0.00142. The molecule has 4 aliphatic heterocycles. The predicted octanol–water partition coefficient (Wildman–Crippen LogP) is -10.7. The van der Waals surface area contributed by atoms with E-state index in [4.69, 9.17) is 0 Å². The molecule has 0 saturated carbocycles. The van der Waals surface area contributed by atoms with E-state index < -0.39 is 279 Å². The Balaban J connectivity index is 1.81. The number of carbonyl (C=O) groups excluding carboxylic acids is 9. The van der Waals surface area contributed by atoms with E-state index in [1.54, 1.807) is 65.7 Å². The van der Waals surface area contributed by atoms with Crippen LogP contribution in [0.4, 0.5) is 0 Å². The number of Topliss-reactive ketones (excluding diaryl/α,β-unsaturated/α-hetero) is 3. The normalized spacial score (nSPS) is 19.7. The highest BCUT2D eigenvalue weighted by Crippen LogP contribution is 2.24. The summed E-state index contributed by atoms with van der Waals surface area (Å²) in [4.78, 5) is 286. The van der Waals surface area contributed by atoms with Crippen molar-refractivity contribution in [1.29, 1.82) is 0 Å². The zero-order valence-corrected chi connectivity index (χ0v) is 79.2. The van der Waals surface area contributed by atoms with Crippen LogP contribution < -0.4 is 31.9 Å². The molecule has 776 valence electrons. The Morgan fingerprint density at radius 1 is 0.226 bits per heavy atom. The maximum atomic E-state index is 14.6. The fraction of sp³-hybridized carbons (Fsp3) is 0.762. The molecule has 17 N–H and O–H groups in total. The summed E-state index contributed by atoms with van der Waals surface area (Å²) in [6.07, 6.45) is -1.90. The third-order valence-corrected chi connectivity index (χ3v) is 24.5. The number of nitrogens with one attached hydrogen (secondary N) is 6. The zero-order chi connectivity index (χ0) is 102. The topological polar surface area (TPSA) is 688 Å². The maximum Gasteiger partial charge on any atom is 0.317 e. The van der Waals surface area contributed by atoms with Gasteiger partial charge in [0.05, 0.1) is 122 Å². The van der Waals surface area contributed by atoms with E-state index in [-0.39, 0.29) is 222 Å². The van der Waals surface area contributed by atoms with Crippen LogP contribution in [0.1, 0.15) is 60.3 Å². The largest absolute Gasteiger partial charge is 0.480 e. The summed E-state index contributed by atoms with van der Waals surface area (Å²) < 4.78 is 0. The van der Waals surface area contributed by atoms with Crippen molar-refractivity contribution in [2.75, 3.05) is 327 Å². The van der Waals surface area contributed by atoms with Crippen LogP contribution in [-0.4, -0.2) is 604 Å². The van der Waals surface area contributed by atoms with E-state index in [1.807, 2.05) is 0 Å². The molecule has 53 nitrogen and oxygen atoms in total. The molecule has 4 fully saturated rings. The van der Waals surface area contributed by atoms with Gasteiger partial charge in [0, 0.05) is 254 Å². The number of ketones is 3. The molecule has 0 radical (unpaired) electrons. The first-order valence-corrected chi connectivity index (χ1v) is 45.9. The van der Waals surface area contributed by atoms with Gasteiger partial charge in [-0.15, -0.1) is 0 Å². The van der Waals surface area contributed by atoms with Crippen LogP contribution in [0.5, 0.6) is 0 Å². The van der Waals surface area contributed by atoms with E-state index in [2.05, 4.69) is 31.9 Å². The van der Waals surface area contributed by atoms with Gasteiger partial charge in [-0.05, 0) is 41.0 Å². The third kappa shape index (κ3) is 51.0. The van der Waals surface area contributed by atoms with Crippen LogP contribution in [0, 0.1) is 5.41 Å². The summed E-state index contributed by atoms with van der Waals surface area (Å²) in [6, 6.07) is -4.30. The third-order valence-electron chi connectivity index (χ3n) is 24.5. The van der Waals surface area contributed by atoms with Gasteiger partial charge in [0.2, 0.25) is 35.4 Å². The first kappa shape index (κ1) is 119. The Morgan fingerprint density at radius 2 is 0.409 bits per heavy atom. The number of carbonyl (C=O) groups is 20. The van der Waals surface area contributed by atoms with Gasteiger partial charge < -0.3 is 88.1 Å². The monoisotopic (exact) mass is 1960 g/mol. The molecule has 4 aliphatic rings. The maximum absolute atomic E-state index is 14.6. The number of carboxylic acid groups (broad SMARTS) is 11. The van der Waals surface area contributed by atoms with Gasteiger partial charge in [0.25, 0.3) is 0 Å². The van der Waals surface area contributed by atoms with Crippen LogP contribution in [0.25, 0.3) is 0 Å². The molecule has 137 heavy (non-hydrogen) atoms. The molecule has 0 aromatic rings. The molecule has 0 spiro atoms. The number of aliphatic carboxylic acids is 11. The first-order valence-electron chi connectivity index (χ1n) is 45.9. The van der Waals surface area contributed by atoms with Crippen molar-refractivity contribution in [3.05, 3.63) is 0 Å². The van der Waals surface area contributed by atoms with Crippen LogP contribution in [0.15, 0.2) is 0 Å². The highest BCUT2D eigenvalue weighted by Gasteiger charge is 2.37. The van der Waals surface area contributed by atoms with Gasteiger partial charge in [-0.1, -0.05) is 0 Å². The van der Waals surface area contributed by atoms with E-state index in [0.717, 1.165) is 0 Å². The lowest BCUT2D eigenvalue weighted by Gasteiger charge is -2.36. The SMILES string of the molecule is CC(=O)CN1CCN(CC(=O)O)CCN(C(C)C(=O)CCC(=O)NCC(CCC(=O)CNC(=O)C(C)N2CCN(CC(=O)O)CCN(CC(=O)O)CCN(CC(=O)O)CC2)(CNC(=O)CNC(=O)C(C)N2CCN(CC(=O)O)CCN(CC(=O)O)CCN(CC(=O)O)CC2)CNC(=O)CNC(=O)C(C)N2CCN(CC(=O)O)CCN(CC(=O)O)CCN(CC(=O)O)CC2)CCN(CC(=O)O)CC1. The van der Waals surface area contributed by atoms with Crippen molar-refractivity contribution in [3.8, 4) is 0 Å². The second kappa shape index (κ2) is 63.0. The lowest BCUT2D eigenvalue weighted by Crippen LogP contribution is -2.55. The molecule has 6 amide bonds. The summed E-state index contributed by atoms with van der Waals surface area (Å²) in [5.74, 6) is -19.2. The molecular weight excluding hydrogens is 1810 g/mol. The Morgan fingerprint density at radius 3 is 0.613 bits per heavy atom. The van der Waals surface area contributed by atoms with E-state index in [9.17, 15) is 152 Å². The standard InChI is InChI=1S/C84H144N22O31/c1-60(107)45-91-10-12-95(49-73(119)120)26-34-103(35-27-96(13-11-91)50-74(121)122)61(2)66(109)6-7-67(110)88-57-84(9-8-65(108)42-85-81(135)62(3)104-36-28-97(51-75(123)124)20-14-92(46-70(113)114)15-21-98(29-37-104)52-76(125)126,58-89-68(111)43-86-82(136)63(4)105-38-30-99(53-77(127)128)22-16-93(47-71(115)116)17-23-100(31-39-105)54-78(129)130)59-90-69(112)44-87-83(137)64(5)106-40-32-101(55-79(131)132)24-18-94(48-72(117)118)19-25-102(33-41-106)56-80(133)134/h61-64H,6-59H2,1-5H3,(H,85,135)(H,86,136)(H,87,137)(H,88,110)(H,89,111)(H,90,112)(H,113,114)(H,115,116)(H,117,118)(H,119,120)(H,121,122)(H,123,124)(H,125,126)(H,127,128)(H,129,130)(H,131,132)(H,133,134). The summed E-state index contributed by atoms with van der Waals surface area (Å²) in [6.45, 7) is 0.678. The number of hydrogen-bond donors (Lipinski definition) is 17. The van der Waals surface area contributed by atoms with E-state index >= 15 is 0 Å². The smallest absolute Gasteiger partial charge is 0.317 e. The molecule has 0 bridgehead atoms. The van der Waals surface area contributed by atoms with Gasteiger partial charge in [0.15, 0.2) is 5.78 Å². The predicted molar refractivity (Wildman–Crippen MR) is 485 cm³/mol. The van der Waals surface area contributed by atoms with Crippen molar-refractivity contribution >= 4 is 118 Å². The number of nitrogens with zero attached hydrogens (tertiary/aromatic N) is 16. The molecule has 4 saturated heterocycles. The minimum atomic E-state index is -1.74. The van der Waals surface area contributed by atoms with Gasteiger partial charge >= 0.3 is 65.7 Å². The fourth-order valence-corrected chi connectivity index (χ4v) is 16.2. The lowest BCUT2D eigenvalue weighted by molar-refractivity contribution is -0.141. The summed E-state index contributed by atoms with van der Waals surface area (Å²) in [7, 11) is 0. The van der Waals surface area contributed by atoms with E-state index in [0.29, 0.717) is 0 Å². The molecule has 4 atom stereocenters. The van der Waals surface area contributed by atoms with Crippen LogP contribution in [0.2, 0.25) is 0 Å². The number of carboxylic acids is 11. The van der Waals surface area contributed by atoms with Gasteiger partial charge in [-0.3, -0.25) is 174 Å². The van der Waals surface area contributed by atoms with Gasteiger partial charge in [0.1, 0.15) is 11.6 Å². The molecule has 0 aromatic carbocycles. The van der Waals surface area contributed by atoms with Crippen molar-refractivity contribution < 1.29 is 152 Å². The highest BCUT2D eigenvalue weighted by atomic mass is 16.4. The second-order valence-corrected chi connectivity index (χ2v) is 35.2. The second-order valence-electron chi connectivity index (χ2n) is 35.2. The molecule has 0 aliphatic carbocycles. The molecular formula is C84H144N22O31. The number of amides is 6. The first-order chi connectivity index (χ1) is 64.6. The molecule has 53 heteroatoms. The molecule has 0 aromatic heterocycles. The van der Waals surface area contributed by atoms with Gasteiger partial charge in [-0.25, -0.2) is 0 Å². The number of hydrogen-bond acceptors (Lipinski definition) is 36. The van der Waals surface area contributed by atoms with Crippen LogP contribution >= 0.6 is 0 Å².